The van der Waals surface area contributed by atoms with Crippen LogP contribution in [0.3, 0.4) is 0 Å². The molecule has 0 atom stereocenters. The van der Waals surface area contributed by atoms with Crippen LogP contribution in [0.25, 0.3) is 10.7 Å². The summed E-state index contributed by atoms with van der Waals surface area (Å²) in [5.74, 6) is -0.0619. The molecule has 1 saturated heterocycles. The number of morpholine rings is 1. The molecule has 3 heterocycles. The van der Waals surface area contributed by atoms with Crippen molar-refractivity contribution < 1.29 is 17.9 Å². The third kappa shape index (κ3) is 4.43. The maximum absolute atomic E-state index is 13.0. The zero-order valence-corrected chi connectivity index (χ0v) is 20.1. The first-order valence-electron chi connectivity index (χ1n) is 10.3. The highest BCUT2D eigenvalue weighted by atomic mass is 32.2. The first-order chi connectivity index (χ1) is 15.2. The number of sulfonamides is 1. The van der Waals surface area contributed by atoms with Crippen molar-refractivity contribution in [1.82, 2.24) is 14.5 Å². The van der Waals surface area contributed by atoms with Gasteiger partial charge in [0.05, 0.1) is 30.3 Å². The third-order valence-electron chi connectivity index (χ3n) is 5.42. The van der Waals surface area contributed by atoms with Crippen molar-refractivity contribution in [3.05, 3.63) is 52.2 Å². The topological polar surface area (TPSA) is 93.5 Å². The van der Waals surface area contributed by atoms with E-state index in [0.717, 1.165) is 11.1 Å². The first kappa shape index (κ1) is 22.5. The summed E-state index contributed by atoms with van der Waals surface area (Å²) in [4.78, 5) is 19.9. The fourth-order valence-electron chi connectivity index (χ4n) is 3.64. The highest BCUT2D eigenvalue weighted by Gasteiger charge is 2.25. The Morgan fingerprint density at radius 2 is 1.88 bits per heavy atom. The van der Waals surface area contributed by atoms with Crippen LogP contribution in [0.2, 0.25) is 0 Å². The van der Waals surface area contributed by atoms with Gasteiger partial charge in [0.15, 0.2) is 0 Å². The van der Waals surface area contributed by atoms with E-state index >= 15 is 0 Å². The second-order valence-corrected chi connectivity index (χ2v) is 10.6. The summed E-state index contributed by atoms with van der Waals surface area (Å²) < 4.78 is 35.7. The summed E-state index contributed by atoms with van der Waals surface area (Å²) in [6, 6.07) is 7.15. The minimum Gasteiger partial charge on any atom is -0.378 e. The molecule has 0 bridgehead atoms. The van der Waals surface area contributed by atoms with Crippen LogP contribution in [0.4, 0.5) is 5.69 Å². The number of benzene rings is 1. The summed E-state index contributed by atoms with van der Waals surface area (Å²) in [5, 5.41) is 0.606. The Morgan fingerprint density at radius 1 is 1.16 bits per heavy atom. The van der Waals surface area contributed by atoms with Crippen molar-refractivity contribution in [1.29, 1.82) is 0 Å². The van der Waals surface area contributed by atoms with Gasteiger partial charge in [-0.15, -0.1) is 11.3 Å². The highest BCUT2D eigenvalue weighted by molar-refractivity contribution is 7.92. The van der Waals surface area contributed by atoms with Gasteiger partial charge in [-0.2, -0.15) is 0 Å². The Morgan fingerprint density at radius 3 is 2.56 bits per heavy atom. The van der Waals surface area contributed by atoms with E-state index in [4.69, 9.17) is 4.74 Å². The number of ether oxygens (including phenoxy) is 1. The number of hydrogen-bond donors (Lipinski definition) is 1. The fraction of sp³-hybridized carbons (Fsp3) is 0.364. The number of nitrogens with one attached hydrogen (secondary N) is 1. The van der Waals surface area contributed by atoms with E-state index in [1.54, 1.807) is 41.8 Å². The molecule has 0 aliphatic carbocycles. The zero-order chi connectivity index (χ0) is 23.0. The molecular formula is C22H26N4O4S2. The Kier molecular flexibility index (Phi) is 6.11. The molecule has 10 heteroatoms. The Bertz CT molecular complexity index is 1270. The molecule has 1 amide bonds. The molecule has 1 aromatic carbocycles. The van der Waals surface area contributed by atoms with Crippen molar-refractivity contribution in [2.24, 2.45) is 7.05 Å². The summed E-state index contributed by atoms with van der Waals surface area (Å²) in [7, 11) is -2.01. The van der Waals surface area contributed by atoms with Gasteiger partial charge in [0.1, 0.15) is 14.8 Å². The lowest BCUT2D eigenvalue weighted by atomic mass is 10.1. The lowest BCUT2D eigenvalue weighted by Crippen LogP contribution is -2.40. The van der Waals surface area contributed by atoms with Gasteiger partial charge in [0, 0.05) is 26.3 Å². The number of hydrogen-bond acceptors (Lipinski definition) is 6. The summed E-state index contributed by atoms with van der Waals surface area (Å²) >= 11 is 1.28. The molecule has 2 aromatic heterocycles. The van der Waals surface area contributed by atoms with Gasteiger partial charge in [-0.1, -0.05) is 17.7 Å². The van der Waals surface area contributed by atoms with Crippen LogP contribution in [0.5, 0.6) is 0 Å². The molecule has 1 aliphatic heterocycles. The van der Waals surface area contributed by atoms with Gasteiger partial charge in [0.2, 0.25) is 0 Å². The van der Waals surface area contributed by atoms with Crippen molar-refractivity contribution in [2.45, 2.75) is 25.7 Å². The Balaban J connectivity index is 1.61. The molecule has 1 fully saturated rings. The zero-order valence-electron chi connectivity index (χ0n) is 18.5. The van der Waals surface area contributed by atoms with Crippen LogP contribution < -0.4 is 4.72 Å². The number of rotatable bonds is 5. The molecule has 3 aromatic rings. The maximum atomic E-state index is 13.0. The SMILES string of the molecule is Cc1ccc(NS(=O)(=O)c2cc(-c3nc(C)c(C(=O)N4CCOCC4)s3)n(C)c2)c(C)c1. The predicted octanol–water partition coefficient (Wildman–Crippen LogP) is 3.35. The first-order valence-corrected chi connectivity index (χ1v) is 12.6. The maximum Gasteiger partial charge on any atom is 0.266 e. The van der Waals surface area contributed by atoms with Crippen LogP contribution in [0, 0.1) is 20.8 Å². The molecule has 1 aliphatic rings. The minimum absolute atomic E-state index is 0.0619. The van der Waals surface area contributed by atoms with E-state index in [1.807, 2.05) is 26.0 Å². The van der Waals surface area contributed by atoms with Crippen molar-refractivity contribution in [2.75, 3.05) is 31.0 Å². The third-order valence-corrected chi connectivity index (χ3v) is 7.93. The second-order valence-electron chi connectivity index (χ2n) is 7.93. The highest BCUT2D eigenvalue weighted by Crippen LogP contribution is 2.32. The lowest BCUT2D eigenvalue weighted by Gasteiger charge is -2.26. The number of nitrogens with zero attached hydrogens (tertiary/aromatic N) is 3. The van der Waals surface area contributed by atoms with Crippen LogP contribution in [0.1, 0.15) is 26.5 Å². The van der Waals surface area contributed by atoms with Crippen molar-refractivity contribution in [3.63, 3.8) is 0 Å². The van der Waals surface area contributed by atoms with Gasteiger partial charge in [-0.25, -0.2) is 13.4 Å². The van der Waals surface area contributed by atoms with Gasteiger partial charge in [-0.05, 0) is 38.5 Å². The van der Waals surface area contributed by atoms with Crippen LogP contribution in [0.15, 0.2) is 35.4 Å². The lowest BCUT2D eigenvalue weighted by molar-refractivity contribution is 0.0305. The Labute approximate surface area is 191 Å². The largest absolute Gasteiger partial charge is 0.378 e. The van der Waals surface area contributed by atoms with E-state index in [-0.39, 0.29) is 10.8 Å². The second kappa shape index (κ2) is 8.68. The van der Waals surface area contributed by atoms with Gasteiger partial charge >= 0.3 is 0 Å². The molecule has 0 saturated carbocycles. The van der Waals surface area contributed by atoms with Crippen LogP contribution in [-0.4, -0.2) is 55.1 Å². The van der Waals surface area contributed by atoms with E-state index in [1.165, 1.54) is 11.3 Å². The quantitative estimate of drug-likeness (QED) is 0.612. The van der Waals surface area contributed by atoms with Crippen LogP contribution >= 0.6 is 11.3 Å². The fourth-order valence-corrected chi connectivity index (χ4v) is 5.93. The van der Waals surface area contributed by atoms with E-state index in [0.29, 0.717) is 53.3 Å². The predicted molar refractivity (Wildman–Crippen MR) is 125 cm³/mol. The van der Waals surface area contributed by atoms with Gasteiger partial charge in [0.25, 0.3) is 15.9 Å². The number of carbonyl (C=O) groups excluding carboxylic acids is 1. The normalized spacial score (nSPS) is 14.6. The number of amides is 1. The molecule has 0 unspecified atom stereocenters. The van der Waals surface area contributed by atoms with E-state index in [9.17, 15) is 13.2 Å². The molecule has 1 N–H and O–H groups in total. The molecule has 0 spiro atoms. The number of thiazole rings is 1. The van der Waals surface area contributed by atoms with Crippen LogP contribution in [-0.2, 0) is 21.8 Å². The molecular weight excluding hydrogens is 448 g/mol. The average Bonchev–Trinajstić information content (AvgIpc) is 3.33. The summed E-state index contributed by atoms with van der Waals surface area (Å²) in [6.07, 6.45) is 1.56. The van der Waals surface area contributed by atoms with E-state index in [2.05, 4.69) is 9.71 Å². The Hall–Kier alpha value is -2.69. The summed E-state index contributed by atoms with van der Waals surface area (Å²) in [6.45, 7) is 7.81. The molecule has 170 valence electrons. The van der Waals surface area contributed by atoms with Gasteiger partial charge in [-0.3, -0.25) is 9.52 Å². The van der Waals surface area contributed by atoms with Crippen molar-refractivity contribution in [3.8, 4) is 10.7 Å². The molecule has 4 rings (SSSR count). The standard InChI is InChI=1S/C22H26N4O4S2/c1-14-5-6-18(15(2)11-14)24-32(28,29)17-12-19(25(4)13-17)21-23-16(3)20(31-21)22(27)26-7-9-30-10-8-26/h5-6,11-13,24H,7-10H2,1-4H3. The average molecular weight is 475 g/mol. The van der Waals surface area contributed by atoms with Crippen molar-refractivity contribution >= 4 is 33.0 Å². The molecule has 8 nitrogen and oxygen atoms in total. The monoisotopic (exact) mass is 474 g/mol. The van der Waals surface area contributed by atoms with Gasteiger partial charge < -0.3 is 14.2 Å². The number of aromatic nitrogens is 2. The smallest absolute Gasteiger partial charge is 0.266 e. The number of aryl methyl sites for hydroxylation is 4. The minimum atomic E-state index is -3.78. The molecule has 0 radical (unpaired) electrons. The molecule has 32 heavy (non-hydrogen) atoms. The number of carbonyl (C=O) groups is 1. The summed E-state index contributed by atoms with van der Waals surface area (Å²) in [5.41, 5.74) is 3.74. The van der Waals surface area contributed by atoms with E-state index < -0.39 is 10.0 Å². The number of anilines is 1.